The van der Waals surface area contributed by atoms with Crippen molar-refractivity contribution in [2.75, 3.05) is 18.4 Å². The third kappa shape index (κ3) is 6.17. The van der Waals surface area contributed by atoms with Gasteiger partial charge in [-0.15, -0.1) is 36.2 Å². The molecule has 1 aliphatic rings. The predicted octanol–water partition coefficient (Wildman–Crippen LogP) is 3.37. The molecule has 0 radical (unpaired) electrons. The molecule has 0 spiro atoms. The van der Waals surface area contributed by atoms with Gasteiger partial charge in [0.25, 0.3) is 5.91 Å². The molecule has 3 rings (SSSR count). The normalized spacial score (nSPS) is 18.6. The Bertz CT molecular complexity index is 772. The van der Waals surface area contributed by atoms with Crippen molar-refractivity contribution >= 4 is 53.1 Å². The lowest BCUT2D eigenvalue weighted by atomic mass is 9.92. The quantitative estimate of drug-likeness (QED) is 0.739. The number of thiazole rings is 1. The molecule has 1 saturated heterocycles. The highest BCUT2D eigenvalue weighted by molar-refractivity contribution is 7.14. The van der Waals surface area contributed by atoms with Crippen molar-refractivity contribution in [2.45, 2.75) is 32.2 Å². The fourth-order valence-corrected chi connectivity index (χ4v) is 3.97. The van der Waals surface area contributed by atoms with E-state index in [9.17, 15) is 9.59 Å². The number of benzene rings is 1. The minimum absolute atomic E-state index is 0. The molecule has 9 heteroatoms. The molecule has 2 unspecified atom stereocenters. The van der Waals surface area contributed by atoms with Crippen molar-refractivity contribution in [1.82, 2.24) is 9.88 Å². The topological polar surface area (TPSA) is 88.3 Å². The molecule has 0 bridgehead atoms. The number of aromatic nitrogens is 1. The summed E-state index contributed by atoms with van der Waals surface area (Å²) >= 11 is 1.33. The summed E-state index contributed by atoms with van der Waals surface area (Å²) in [5.74, 6) is 0.455. The summed E-state index contributed by atoms with van der Waals surface area (Å²) in [6.45, 7) is 3.45. The Morgan fingerprint density at radius 3 is 2.68 bits per heavy atom. The van der Waals surface area contributed by atoms with Gasteiger partial charge >= 0.3 is 0 Å². The van der Waals surface area contributed by atoms with Gasteiger partial charge in [0.2, 0.25) is 5.91 Å². The molecule has 0 aliphatic carbocycles. The number of nitrogens with two attached hydrogens (primary N) is 1. The van der Waals surface area contributed by atoms with Crippen LogP contribution in [0.4, 0.5) is 5.13 Å². The van der Waals surface area contributed by atoms with Crippen LogP contribution in [-0.4, -0.2) is 40.8 Å². The first-order chi connectivity index (χ1) is 12.6. The molecule has 2 atom stereocenters. The zero-order valence-corrected chi connectivity index (χ0v) is 18.1. The van der Waals surface area contributed by atoms with Gasteiger partial charge < -0.3 is 10.6 Å². The van der Waals surface area contributed by atoms with Crippen molar-refractivity contribution in [3.63, 3.8) is 0 Å². The number of nitrogens with zero attached hydrogens (tertiary/aromatic N) is 2. The fourth-order valence-electron chi connectivity index (χ4n) is 3.26. The van der Waals surface area contributed by atoms with E-state index in [1.54, 1.807) is 12.1 Å². The third-order valence-corrected chi connectivity index (χ3v) is 5.52. The zero-order chi connectivity index (χ0) is 18.5. The highest BCUT2D eigenvalue weighted by Gasteiger charge is 2.29. The van der Waals surface area contributed by atoms with E-state index < -0.39 is 0 Å². The average molecular weight is 445 g/mol. The third-order valence-electron chi connectivity index (χ3n) is 4.71. The molecule has 0 saturated carbocycles. The van der Waals surface area contributed by atoms with E-state index in [0.717, 1.165) is 19.4 Å². The molecule has 2 heterocycles. The van der Waals surface area contributed by atoms with Crippen molar-refractivity contribution in [1.29, 1.82) is 0 Å². The van der Waals surface area contributed by atoms with Crippen LogP contribution in [0, 0.1) is 5.92 Å². The molecular formula is C19H26Cl2N4O2S. The number of rotatable bonds is 5. The number of hydrogen-bond acceptors (Lipinski definition) is 5. The number of likely N-dealkylation sites (tertiary alicyclic amines) is 1. The summed E-state index contributed by atoms with van der Waals surface area (Å²) in [6.07, 6.45) is 2.21. The van der Waals surface area contributed by atoms with Gasteiger partial charge in [0, 0.05) is 30.1 Å². The predicted molar refractivity (Wildman–Crippen MR) is 118 cm³/mol. The summed E-state index contributed by atoms with van der Waals surface area (Å²) in [4.78, 5) is 31.1. The van der Waals surface area contributed by atoms with Crippen LogP contribution in [-0.2, 0) is 11.2 Å². The van der Waals surface area contributed by atoms with Crippen LogP contribution in [0.2, 0.25) is 0 Å². The van der Waals surface area contributed by atoms with Crippen LogP contribution in [0.3, 0.4) is 0 Å². The lowest BCUT2D eigenvalue weighted by molar-refractivity contribution is -0.134. The summed E-state index contributed by atoms with van der Waals surface area (Å²) < 4.78 is 0. The fraction of sp³-hybridized carbons (Fsp3) is 0.421. The van der Waals surface area contributed by atoms with Crippen molar-refractivity contribution in [3.05, 3.63) is 47.0 Å². The molecule has 6 nitrogen and oxygen atoms in total. The molecule has 3 N–H and O–H groups in total. The van der Waals surface area contributed by atoms with E-state index in [4.69, 9.17) is 5.73 Å². The first-order valence-electron chi connectivity index (χ1n) is 8.87. The maximum Gasteiger partial charge on any atom is 0.257 e. The number of hydrogen-bond donors (Lipinski definition) is 2. The SMILES string of the molecule is CC1CCN(C(=O)Cc2csc(NC(=O)c3ccccc3)n2)C(CN)C1.Cl.Cl. The number of carbonyl (C=O) groups is 2. The van der Waals surface area contributed by atoms with Gasteiger partial charge in [0.05, 0.1) is 12.1 Å². The molecule has 28 heavy (non-hydrogen) atoms. The van der Waals surface area contributed by atoms with E-state index in [-0.39, 0.29) is 49.1 Å². The number of anilines is 1. The van der Waals surface area contributed by atoms with E-state index in [2.05, 4.69) is 17.2 Å². The first kappa shape index (κ1) is 24.4. The Kier molecular flexibility index (Phi) is 9.89. The Balaban J connectivity index is 0.00000196. The maximum absolute atomic E-state index is 12.6. The Labute approximate surface area is 181 Å². The van der Waals surface area contributed by atoms with Crippen LogP contribution < -0.4 is 11.1 Å². The van der Waals surface area contributed by atoms with Crippen LogP contribution in [0.15, 0.2) is 35.7 Å². The minimum Gasteiger partial charge on any atom is -0.338 e. The largest absolute Gasteiger partial charge is 0.338 e. The molecular weight excluding hydrogens is 419 g/mol. The Morgan fingerprint density at radius 1 is 1.29 bits per heavy atom. The number of nitrogens with one attached hydrogen (secondary N) is 1. The van der Waals surface area contributed by atoms with Crippen molar-refractivity contribution in [2.24, 2.45) is 11.7 Å². The highest BCUT2D eigenvalue weighted by Crippen LogP contribution is 2.23. The monoisotopic (exact) mass is 444 g/mol. The number of amides is 2. The average Bonchev–Trinajstić information content (AvgIpc) is 3.08. The van der Waals surface area contributed by atoms with E-state index in [1.807, 2.05) is 28.5 Å². The summed E-state index contributed by atoms with van der Waals surface area (Å²) in [6, 6.07) is 9.10. The summed E-state index contributed by atoms with van der Waals surface area (Å²) in [5, 5.41) is 5.11. The van der Waals surface area contributed by atoms with Crippen molar-refractivity contribution < 1.29 is 9.59 Å². The Morgan fingerprint density at radius 2 is 2.00 bits per heavy atom. The van der Waals surface area contributed by atoms with Gasteiger partial charge in [-0.25, -0.2) is 4.98 Å². The van der Waals surface area contributed by atoms with Gasteiger partial charge in [-0.3, -0.25) is 14.9 Å². The second kappa shape index (κ2) is 11.4. The molecule has 1 aromatic carbocycles. The Hall–Kier alpha value is -1.67. The van der Waals surface area contributed by atoms with Crippen LogP contribution in [0.5, 0.6) is 0 Å². The van der Waals surface area contributed by atoms with Gasteiger partial charge in [-0.2, -0.15) is 0 Å². The van der Waals surface area contributed by atoms with Gasteiger partial charge in [-0.05, 0) is 30.9 Å². The van der Waals surface area contributed by atoms with E-state index >= 15 is 0 Å². The van der Waals surface area contributed by atoms with E-state index in [0.29, 0.717) is 28.9 Å². The van der Waals surface area contributed by atoms with Gasteiger partial charge in [0.1, 0.15) is 0 Å². The molecule has 2 amide bonds. The summed E-state index contributed by atoms with van der Waals surface area (Å²) in [5.41, 5.74) is 7.10. The second-order valence-corrected chi connectivity index (χ2v) is 7.61. The minimum atomic E-state index is -0.203. The van der Waals surface area contributed by atoms with Gasteiger partial charge in [-0.1, -0.05) is 25.1 Å². The lowest BCUT2D eigenvalue weighted by Gasteiger charge is -2.38. The highest BCUT2D eigenvalue weighted by atomic mass is 35.5. The second-order valence-electron chi connectivity index (χ2n) is 6.75. The first-order valence-corrected chi connectivity index (χ1v) is 9.75. The van der Waals surface area contributed by atoms with Crippen LogP contribution in [0.1, 0.15) is 35.8 Å². The standard InChI is InChI=1S/C19H24N4O2S.2ClH/c1-13-7-8-23(16(9-13)11-20)17(24)10-15-12-26-19(21-15)22-18(25)14-5-3-2-4-6-14;;/h2-6,12-13,16H,7-11,20H2,1H3,(H,21,22,25);2*1H. The number of carbonyl (C=O) groups excluding carboxylic acids is 2. The number of halogens is 2. The lowest BCUT2D eigenvalue weighted by Crippen LogP contribution is -2.49. The molecule has 154 valence electrons. The van der Waals surface area contributed by atoms with Crippen LogP contribution in [0.25, 0.3) is 0 Å². The maximum atomic E-state index is 12.6. The van der Waals surface area contributed by atoms with Crippen LogP contribution >= 0.6 is 36.2 Å². The van der Waals surface area contributed by atoms with E-state index in [1.165, 1.54) is 11.3 Å². The number of piperidine rings is 1. The molecule has 1 aromatic heterocycles. The smallest absolute Gasteiger partial charge is 0.257 e. The van der Waals surface area contributed by atoms with Gasteiger partial charge in [0.15, 0.2) is 5.13 Å². The molecule has 1 fully saturated rings. The van der Waals surface area contributed by atoms with Crippen molar-refractivity contribution in [3.8, 4) is 0 Å². The molecule has 2 aromatic rings. The zero-order valence-electron chi connectivity index (χ0n) is 15.7. The summed E-state index contributed by atoms with van der Waals surface area (Å²) in [7, 11) is 0. The molecule has 1 aliphatic heterocycles.